The van der Waals surface area contributed by atoms with Gasteiger partial charge in [-0.25, -0.2) is 4.79 Å². The van der Waals surface area contributed by atoms with Crippen molar-refractivity contribution in [1.29, 1.82) is 0 Å². The Morgan fingerprint density at radius 2 is 1.66 bits per heavy atom. The van der Waals surface area contributed by atoms with Crippen molar-refractivity contribution in [3.05, 3.63) is 29.8 Å². The molecule has 2 atom stereocenters. The summed E-state index contributed by atoms with van der Waals surface area (Å²) < 4.78 is 42.8. The molecule has 5 nitrogen and oxygen atoms in total. The van der Waals surface area contributed by atoms with E-state index in [4.69, 9.17) is 10.5 Å². The number of likely N-dealkylation sites (tertiary alicyclic amines) is 1. The number of esters is 1. The number of nitrogens with two attached hydrogens (primary N) is 1. The van der Waals surface area contributed by atoms with Gasteiger partial charge >= 0.3 is 12.1 Å². The van der Waals surface area contributed by atoms with Gasteiger partial charge in [-0.05, 0) is 55.7 Å². The number of alkyl halides is 3. The first kappa shape index (κ1) is 29.4. The maximum Gasteiger partial charge on any atom is 0.490 e. The molecule has 2 fully saturated rings. The summed E-state index contributed by atoms with van der Waals surface area (Å²) in [6.45, 7) is 5.20. The van der Waals surface area contributed by atoms with Crippen LogP contribution in [0.4, 0.5) is 13.2 Å². The van der Waals surface area contributed by atoms with E-state index in [0.29, 0.717) is 13.2 Å². The average molecular weight is 502 g/mol. The lowest BCUT2D eigenvalue weighted by atomic mass is 9.86. The van der Waals surface area contributed by atoms with Gasteiger partial charge in [-0.15, -0.1) is 0 Å². The van der Waals surface area contributed by atoms with E-state index < -0.39 is 12.1 Å². The summed E-state index contributed by atoms with van der Waals surface area (Å²) in [7, 11) is 2.41. The minimum absolute atomic E-state index is 0.411. The number of ether oxygens (including phenoxy) is 2. The topological polar surface area (TPSA) is 61.5 Å². The van der Waals surface area contributed by atoms with Crippen molar-refractivity contribution in [1.82, 2.24) is 0 Å². The molecule has 0 bridgehead atoms. The Hall–Kier alpha value is -1.80. The molecule has 2 unspecified atom stereocenters. The van der Waals surface area contributed by atoms with Gasteiger partial charge in [0.1, 0.15) is 5.75 Å². The highest BCUT2D eigenvalue weighted by atomic mass is 19.4. The fourth-order valence-electron chi connectivity index (χ4n) is 5.60. The molecule has 2 N–H and O–H groups in total. The zero-order valence-corrected chi connectivity index (χ0v) is 21.5. The van der Waals surface area contributed by atoms with Crippen molar-refractivity contribution in [2.24, 2.45) is 11.7 Å². The number of benzene rings is 1. The lowest BCUT2D eigenvalue weighted by Crippen LogP contribution is -2.58. The molecule has 8 heteroatoms. The van der Waals surface area contributed by atoms with Crippen molar-refractivity contribution in [3.63, 3.8) is 0 Å². The Kier molecular flexibility index (Phi) is 12.3. The molecule has 1 aliphatic heterocycles. The van der Waals surface area contributed by atoms with E-state index in [-0.39, 0.29) is 0 Å². The van der Waals surface area contributed by atoms with Crippen LogP contribution >= 0.6 is 0 Å². The zero-order valence-electron chi connectivity index (χ0n) is 21.5. The second-order valence-corrected chi connectivity index (χ2v) is 10.2. The van der Waals surface area contributed by atoms with Gasteiger partial charge < -0.3 is 19.7 Å². The fourth-order valence-corrected chi connectivity index (χ4v) is 5.60. The summed E-state index contributed by atoms with van der Waals surface area (Å²) in [6, 6.07) is 9.01. The van der Waals surface area contributed by atoms with Gasteiger partial charge in [0.2, 0.25) is 0 Å². The molecule has 1 aromatic rings. The third-order valence-corrected chi connectivity index (χ3v) is 7.47. The van der Waals surface area contributed by atoms with Gasteiger partial charge in [0, 0.05) is 6.42 Å². The SMILES string of the molecule is COC(=O)C(F)(F)F.COc1ccc(CCC[N+]2(CCCC3CCCCC3)CCCC(N)C2)cc1. The number of carbonyl (C=O) groups excluding carboxylic acids is 1. The Morgan fingerprint density at radius 3 is 2.20 bits per heavy atom. The first-order valence-corrected chi connectivity index (χ1v) is 13.1. The molecule has 35 heavy (non-hydrogen) atoms. The first-order valence-electron chi connectivity index (χ1n) is 13.1. The molecule has 0 spiro atoms. The smallest absolute Gasteiger partial charge is 0.490 e. The molecule has 200 valence electrons. The van der Waals surface area contributed by atoms with Crippen LogP contribution in [0.1, 0.15) is 69.8 Å². The normalized spacial score (nSPS) is 23.2. The summed E-state index contributed by atoms with van der Waals surface area (Å²) in [5.74, 6) is -0.207. The fraction of sp³-hybridized carbons (Fsp3) is 0.741. The van der Waals surface area contributed by atoms with Crippen LogP contribution in [0.25, 0.3) is 0 Å². The van der Waals surface area contributed by atoms with Gasteiger partial charge in [0.25, 0.3) is 0 Å². The minimum atomic E-state index is -4.85. The number of halogens is 3. The monoisotopic (exact) mass is 501 g/mol. The van der Waals surface area contributed by atoms with E-state index in [9.17, 15) is 18.0 Å². The third kappa shape index (κ3) is 10.8. The molecule has 1 aromatic carbocycles. The maximum absolute atomic E-state index is 11.0. The number of hydrogen-bond donors (Lipinski definition) is 1. The number of methoxy groups -OCH3 is 2. The lowest BCUT2D eigenvalue weighted by Gasteiger charge is -2.44. The van der Waals surface area contributed by atoms with Gasteiger partial charge in [-0.2, -0.15) is 13.2 Å². The second-order valence-electron chi connectivity index (χ2n) is 10.2. The molecule has 0 radical (unpaired) electrons. The number of aryl methyl sites for hydroxylation is 1. The number of hydrogen-bond acceptors (Lipinski definition) is 4. The number of nitrogens with zero attached hydrogens (tertiary/aromatic N) is 1. The molecule has 0 aromatic heterocycles. The molecule has 1 heterocycles. The van der Waals surface area contributed by atoms with Gasteiger partial charge in [-0.3, -0.25) is 0 Å². The molecule has 0 amide bonds. The van der Waals surface area contributed by atoms with Crippen molar-refractivity contribution in [3.8, 4) is 5.75 Å². The second kappa shape index (κ2) is 14.7. The number of piperidine rings is 1. The molecule has 2 aliphatic rings. The van der Waals surface area contributed by atoms with Gasteiger partial charge in [0.15, 0.2) is 0 Å². The predicted octanol–water partition coefficient (Wildman–Crippen LogP) is 5.65. The quantitative estimate of drug-likeness (QED) is 0.351. The highest BCUT2D eigenvalue weighted by Crippen LogP contribution is 2.29. The Labute approximate surface area is 208 Å². The molecule has 1 saturated heterocycles. The van der Waals surface area contributed by atoms with Crippen LogP contribution in [0.2, 0.25) is 0 Å². The summed E-state index contributed by atoms with van der Waals surface area (Å²) in [6.07, 6.45) is 10.3. The van der Waals surface area contributed by atoms with Crippen LogP contribution in [-0.4, -0.2) is 63.1 Å². The standard InChI is InChI=1S/C24H41N2O.C3H3F3O2/c1-27-24-15-13-22(14-16-24)11-6-18-26(19-7-12-23(25)20-26)17-5-10-21-8-3-2-4-9-21;1-8-2(7)3(4,5)6/h13-16,21,23H,2-12,17-20,25H2,1H3;1H3/q+1;. The van der Waals surface area contributed by atoms with Crippen LogP contribution in [0, 0.1) is 5.92 Å². The van der Waals surface area contributed by atoms with Crippen LogP contribution in [-0.2, 0) is 16.0 Å². The summed E-state index contributed by atoms with van der Waals surface area (Å²) in [5.41, 5.74) is 7.84. The lowest BCUT2D eigenvalue weighted by molar-refractivity contribution is -0.933. The maximum atomic E-state index is 11.0. The van der Waals surface area contributed by atoms with Crippen molar-refractivity contribution < 1.29 is 31.9 Å². The van der Waals surface area contributed by atoms with Gasteiger partial charge in [0.05, 0.1) is 46.4 Å². The zero-order chi connectivity index (χ0) is 25.7. The van der Waals surface area contributed by atoms with E-state index in [0.717, 1.165) is 11.7 Å². The van der Waals surface area contributed by atoms with Crippen molar-refractivity contribution in [2.75, 3.05) is 40.4 Å². The molecule has 1 saturated carbocycles. The average Bonchev–Trinajstić information content (AvgIpc) is 2.84. The van der Waals surface area contributed by atoms with E-state index in [2.05, 4.69) is 29.0 Å². The summed E-state index contributed by atoms with van der Waals surface area (Å²) >= 11 is 0. The van der Waals surface area contributed by atoms with Crippen LogP contribution in [0.15, 0.2) is 24.3 Å². The van der Waals surface area contributed by atoms with E-state index in [1.165, 1.54) is 107 Å². The van der Waals surface area contributed by atoms with E-state index in [1.54, 1.807) is 7.11 Å². The highest BCUT2D eigenvalue weighted by molar-refractivity contribution is 5.75. The van der Waals surface area contributed by atoms with Gasteiger partial charge in [-0.1, -0.05) is 44.2 Å². The summed E-state index contributed by atoms with van der Waals surface area (Å²) in [4.78, 5) is 9.49. The third-order valence-electron chi connectivity index (χ3n) is 7.47. The minimum Gasteiger partial charge on any atom is -0.497 e. The Morgan fingerprint density at radius 1 is 1.00 bits per heavy atom. The van der Waals surface area contributed by atoms with E-state index >= 15 is 0 Å². The Bertz CT molecular complexity index is 736. The van der Waals surface area contributed by atoms with Crippen molar-refractivity contribution >= 4 is 5.97 Å². The number of quaternary nitrogens is 1. The molecule has 1 aliphatic carbocycles. The number of carbonyl (C=O) groups is 1. The Balaban J connectivity index is 0.000000466. The molecular formula is C27H44F3N2O3+. The predicted molar refractivity (Wildman–Crippen MR) is 132 cm³/mol. The van der Waals surface area contributed by atoms with Crippen LogP contribution < -0.4 is 10.5 Å². The van der Waals surface area contributed by atoms with Crippen molar-refractivity contribution in [2.45, 2.75) is 82.8 Å². The first-order chi connectivity index (χ1) is 16.7. The highest BCUT2D eigenvalue weighted by Gasteiger charge is 2.40. The summed E-state index contributed by atoms with van der Waals surface area (Å²) in [5, 5.41) is 0. The van der Waals surface area contributed by atoms with Crippen LogP contribution in [0.3, 0.4) is 0 Å². The number of rotatable bonds is 9. The molecular weight excluding hydrogens is 457 g/mol. The van der Waals surface area contributed by atoms with Crippen LogP contribution in [0.5, 0.6) is 5.75 Å². The largest absolute Gasteiger partial charge is 0.497 e. The van der Waals surface area contributed by atoms with E-state index in [1.807, 2.05) is 0 Å². The molecule has 3 rings (SSSR count).